The topological polar surface area (TPSA) is 41.6 Å². The standard InChI is InChI=1S/C13H9F2N3S/c14-9-3-1-2-8(13(9)15)12(10-4-16-6-18-10)11-5-17-7-19-11/h1-7,12H,(H,16,18). The molecular formula is C13H9F2N3S. The van der Waals surface area contributed by atoms with Crippen LogP contribution in [0.5, 0.6) is 0 Å². The monoisotopic (exact) mass is 277 g/mol. The molecule has 0 aliphatic carbocycles. The third-order valence-electron chi connectivity index (χ3n) is 2.84. The van der Waals surface area contributed by atoms with Crippen molar-refractivity contribution in [2.45, 2.75) is 5.92 Å². The first kappa shape index (κ1) is 12.0. The molecule has 1 aromatic carbocycles. The number of nitrogens with one attached hydrogen (secondary N) is 1. The summed E-state index contributed by atoms with van der Waals surface area (Å²) in [5.74, 6) is -2.15. The second kappa shape index (κ2) is 4.89. The Balaban J connectivity index is 2.18. The van der Waals surface area contributed by atoms with Gasteiger partial charge in [-0.3, -0.25) is 4.98 Å². The predicted octanol–water partition coefficient (Wildman–Crippen LogP) is 3.32. The number of hydrogen-bond acceptors (Lipinski definition) is 3. The number of H-pyrrole nitrogens is 1. The molecule has 1 unspecified atom stereocenters. The zero-order valence-corrected chi connectivity index (χ0v) is 10.5. The SMILES string of the molecule is Fc1cccc(C(c2c[nH]cn2)c2cncs2)c1F. The number of hydrogen-bond donors (Lipinski definition) is 1. The van der Waals surface area contributed by atoms with Gasteiger partial charge >= 0.3 is 0 Å². The van der Waals surface area contributed by atoms with Crippen molar-refractivity contribution in [2.24, 2.45) is 0 Å². The molecule has 0 aliphatic heterocycles. The zero-order chi connectivity index (χ0) is 13.2. The predicted molar refractivity (Wildman–Crippen MR) is 68.0 cm³/mol. The summed E-state index contributed by atoms with van der Waals surface area (Å²) >= 11 is 1.38. The van der Waals surface area contributed by atoms with E-state index in [1.807, 2.05) is 0 Å². The van der Waals surface area contributed by atoms with Gasteiger partial charge in [-0.25, -0.2) is 13.8 Å². The van der Waals surface area contributed by atoms with Crippen molar-refractivity contribution in [3.05, 3.63) is 70.2 Å². The maximum atomic E-state index is 14.0. The summed E-state index contributed by atoms with van der Waals surface area (Å²) in [5, 5.41) is 0. The molecule has 2 heterocycles. The molecule has 0 spiro atoms. The van der Waals surface area contributed by atoms with Crippen molar-refractivity contribution in [3.63, 3.8) is 0 Å². The molecule has 0 fully saturated rings. The summed E-state index contributed by atoms with van der Waals surface area (Å²) < 4.78 is 27.4. The molecule has 0 aliphatic rings. The van der Waals surface area contributed by atoms with Gasteiger partial charge in [0.15, 0.2) is 11.6 Å². The molecule has 3 aromatic rings. The minimum absolute atomic E-state index is 0.261. The van der Waals surface area contributed by atoms with Crippen LogP contribution in [0, 0.1) is 11.6 Å². The fourth-order valence-electron chi connectivity index (χ4n) is 2.00. The summed E-state index contributed by atoms with van der Waals surface area (Å²) in [6, 6.07) is 4.17. The maximum absolute atomic E-state index is 14.0. The number of aromatic amines is 1. The van der Waals surface area contributed by atoms with Crippen molar-refractivity contribution < 1.29 is 8.78 Å². The van der Waals surface area contributed by atoms with E-state index in [4.69, 9.17) is 0 Å². The number of benzene rings is 1. The second-order valence-corrected chi connectivity index (χ2v) is 4.89. The molecule has 6 heteroatoms. The number of nitrogens with zero attached hydrogens (tertiary/aromatic N) is 2. The van der Waals surface area contributed by atoms with Gasteiger partial charge in [-0.05, 0) is 6.07 Å². The van der Waals surface area contributed by atoms with Crippen molar-refractivity contribution in [2.75, 3.05) is 0 Å². The first-order chi connectivity index (χ1) is 9.27. The highest BCUT2D eigenvalue weighted by molar-refractivity contribution is 7.09. The summed E-state index contributed by atoms with van der Waals surface area (Å²) in [6.45, 7) is 0. The number of aromatic nitrogens is 3. The second-order valence-electron chi connectivity index (χ2n) is 3.97. The van der Waals surface area contributed by atoms with Gasteiger partial charge in [-0.2, -0.15) is 0 Å². The van der Waals surface area contributed by atoms with Crippen molar-refractivity contribution >= 4 is 11.3 Å². The number of imidazole rings is 1. The molecule has 0 radical (unpaired) electrons. The van der Waals surface area contributed by atoms with E-state index in [1.165, 1.54) is 23.7 Å². The number of halogens is 2. The van der Waals surface area contributed by atoms with Crippen LogP contribution in [-0.4, -0.2) is 15.0 Å². The highest BCUT2D eigenvalue weighted by Crippen LogP contribution is 2.34. The molecule has 0 saturated carbocycles. The molecule has 0 bridgehead atoms. The quantitative estimate of drug-likeness (QED) is 0.798. The van der Waals surface area contributed by atoms with Crippen LogP contribution >= 0.6 is 11.3 Å². The van der Waals surface area contributed by atoms with E-state index in [9.17, 15) is 8.78 Å². The van der Waals surface area contributed by atoms with Gasteiger partial charge in [0.2, 0.25) is 0 Å². The highest BCUT2D eigenvalue weighted by Gasteiger charge is 2.24. The van der Waals surface area contributed by atoms with Gasteiger partial charge in [-0.15, -0.1) is 11.3 Å². The van der Waals surface area contributed by atoms with E-state index < -0.39 is 17.6 Å². The van der Waals surface area contributed by atoms with Crippen LogP contribution in [-0.2, 0) is 0 Å². The van der Waals surface area contributed by atoms with Crippen molar-refractivity contribution in [1.29, 1.82) is 0 Å². The van der Waals surface area contributed by atoms with Gasteiger partial charge in [0.1, 0.15) is 0 Å². The van der Waals surface area contributed by atoms with Crippen molar-refractivity contribution in [3.8, 4) is 0 Å². The van der Waals surface area contributed by atoms with E-state index in [-0.39, 0.29) is 5.56 Å². The Bertz CT molecular complexity index is 631. The Hall–Kier alpha value is -2.08. The van der Waals surface area contributed by atoms with E-state index in [1.54, 1.807) is 24.0 Å². The lowest BCUT2D eigenvalue weighted by molar-refractivity contribution is 0.497. The average molecular weight is 277 g/mol. The van der Waals surface area contributed by atoms with E-state index in [0.717, 1.165) is 10.9 Å². The van der Waals surface area contributed by atoms with E-state index in [2.05, 4.69) is 15.0 Å². The van der Waals surface area contributed by atoms with Crippen LogP contribution in [0.15, 0.2) is 42.4 Å². The highest BCUT2D eigenvalue weighted by atomic mass is 32.1. The molecule has 1 N–H and O–H groups in total. The number of thiazole rings is 1. The zero-order valence-electron chi connectivity index (χ0n) is 9.68. The number of rotatable bonds is 3. The van der Waals surface area contributed by atoms with E-state index >= 15 is 0 Å². The Morgan fingerprint density at radius 1 is 1.26 bits per heavy atom. The third kappa shape index (κ3) is 2.15. The summed E-state index contributed by atoms with van der Waals surface area (Å²) in [4.78, 5) is 11.8. The first-order valence-electron chi connectivity index (χ1n) is 5.58. The van der Waals surface area contributed by atoms with Crippen LogP contribution in [0.3, 0.4) is 0 Å². The fourth-order valence-corrected chi connectivity index (χ4v) is 2.75. The normalized spacial score (nSPS) is 12.5. The fraction of sp³-hybridized carbons (Fsp3) is 0.0769. The lowest BCUT2D eigenvalue weighted by atomic mass is 9.94. The lowest BCUT2D eigenvalue weighted by Crippen LogP contribution is -2.06. The molecular weight excluding hydrogens is 268 g/mol. The molecule has 2 aromatic heterocycles. The molecule has 0 saturated heterocycles. The van der Waals surface area contributed by atoms with Crippen LogP contribution in [0.1, 0.15) is 22.1 Å². The Morgan fingerprint density at radius 2 is 2.16 bits per heavy atom. The van der Waals surface area contributed by atoms with Gasteiger partial charge in [0.05, 0.1) is 23.4 Å². The van der Waals surface area contributed by atoms with Crippen LogP contribution in [0.4, 0.5) is 8.78 Å². The molecule has 3 rings (SSSR count). The van der Waals surface area contributed by atoms with Gasteiger partial charge in [0, 0.05) is 22.8 Å². The summed E-state index contributed by atoms with van der Waals surface area (Å²) in [5.41, 5.74) is 2.55. The Kier molecular flexibility index (Phi) is 3.08. The average Bonchev–Trinajstić information content (AvgIpc) is 3.08. The van der Waals surface area contributed by atoms with Gasteiger partial charge in [-0.1, -0.05) is 12.1 Å². The molecule has 1 atom stereocenters. The van der Waals surface area contributed by atoms with E-state index in [0.29, 0.717) is 5.69 Å². The van der Waals surface area contributed by atoms with Gasteiger partial charge in [0.25, 0.3) is 0 Å². The molecule has 96 valence electrons. The minimum Gasteiger partial charge on any atom is -0.351 e. The first-order valence-corrected chi connectivity index (χ1v) is 6.46. The minimum atomic E-state index is -0.859. The molecule has 3 nitrogen and oxygen atoms in total. The summed E-state index contributed by atoms with van der Waals surface area (Å²) in [6.07, 6.45) is 4.84. The third-order valence-corrected chi connectivity index (χ3v) is 3.68. The Morgan fingerprint density at radius 3 is 2.84 bits per heavy atom. The smallest absolute Gasteiger partial charge is 0.163 e. The summed E-state index contributed by atoms with van der Waals surface area (Å²) in [7, 11) is 0. The Labute approximate surface area is 112 Å². The van der Waals surface area contributed by atoms with Crippen LogP contribution in [0.25, 0.3) is 0 Å². The lowest BCUT2D eigenvalue weighted by Gasteiger charge is -2.14. The largest absolute Gasteiger partial charge is 0.351 e. The molecule has 0 amide bonds. The maximum Gasteiger partial charge on any atom is 0.163 e. The van der Waals surface area contributed by atoms with Crippen LogP contribution < -0.4 is 0 Å². The molecule has 19 heavy (non-hydrogen) atoms. The van der Waals surface area contributed by atoms with Crippen molar-refractivity contribution in [1.82, 2.24) is 15.0 Å². The van der Waals surface area contributed by atoms with Gasteiger partial charge < -0.3 is 4.98 Å². The van der Waals surface area contributed by atoms with Crippen LogP contribution in [0.2, 0.25) is 0 Å².